The number of pyridine rings is 1. The Hall–Kier alpha value is -4.06. The van der Waals surface area contributed by atoms with E-state index in [9.17, 15) is 19.7 Å². The van der Waals surface area contributed by atoms with Crippen molar-refractivity contribution >= 4 is 30.3 Å². The summed E-state index contributed by atoms with van der Waals surface area (Å²) in [5.74, 6) is 0.268. The van der Waals surface area contributed by atoms with Gasteiger partial charge in [0, 0.05) is 36.5 Å². The molecule has 1 N–H and O–H groups in total. The van der Waals surface area contributed by atoms with Gasteiger partial charge in [0.2, 0.25) is 0 Å². The van der Waals surface area contributed by atoms with Crippen LogP contribution in [0, 0.1) is 10.1 Å². The molecule has 1 aliphatic heterocycles. The molecule has 1 aromatic carbocycles. The minimum atomic E-state index is -0.559. The van der Waals surface area contributed by atoms with Gasteiger partial charge in [0.25, 0.3) is 11.6 Å². The average molecular weight is 529 g/mol. The predicted octanol–water partition coefficient (Wildman–Crippen LogP) is 3.56. The van der Waals surface area contributed by atoms with Crippen molar-refractivity contribution in [3.63, 3.8) is 0 Å². The number of rotatable bonds is 12. The van der Waals surface area contributed by atoms with Crippen LogP contribution in [0.25, 0.3) is 0 Å². The molecule has 0 bridgehead atoms. The number of hydrogen-bond acceptors (Lipinski definition) is 9. The Labute approximate surface area is 219 Å². The third kappa shape index (κ3) is 7.71. The number of likely N-dealkylation sites (tertiary alicyclic amines) is 1. The van der Waals surface area contributed by atoms with Gasteiger partial charge in [-0.15, -0.1) is 0 Å². The van der Waals surface area contributed by atoms with Crippen molar-refractivity contribution < 1.29 is 28.7 Å². The number of nitro benzene ring substituents is 1. The van der Waals surface area contributed by atoms with Gasteiger partial charge in [0.1, 0.15) is 25.5 Å². The molecular formula is C25H28N4O7S. The third-order valence-corrected chi connectivity index (χ3v) is 5.79. The van der Waals surface area contributed by atoms with Crippen LogP contribution in [-0.4, -0.2) is 64.4 Å². The maximum absolute atomic E-state index is 12.8. The number of carbonyl (C=O) groups excluding carboxylic acids is 2. The van der Waals surface area contributed by atoms with Gasteiger partial charge in [-0.05, 0) is 24.1 Å². The number of carbonyl (C=O) groups is 2. The second-order valence-electron chi connectivity index (χ2n) is 8.10. The summed E-state index contributed by atoms with van der Waals surface area (Å²) >= 11 is 4.49. The van der Waals surface area contributed by atoms with Gasteiger partial charge in [-0.3, -0.25) is 14.9 Å². The molecule has 0 saturated carbocycles. The molecule has 2 heterocycles. The lowest BCUT2D eigenvalue weighted by atomic mass is 10.2. The first-order valence-corrected chi connectivity index (χ1v) is 11.9. The predicted molar refractivity (Wildman–Crippen MR) is 139 cm³/mol. The van der Waals surface area contributed by atoms with Crippen LogP contribution in [0.3, 0.4) is 0 Å². The van der Waals surface area contributed by atoms with E-state index in [0.29, 0.717) is 30.0 Å². The van der Waals surface area contributed by atoms with Gasteiger partial charge in [0.05, 0.1) is 17.2 Å². The number of amides is 2. The van der Waals surface area contributed by atoms with Crippen LogP contribution in [0.4, 0.5) is 10.5 Å². The van der Waals surface area contributed by atoms with Gasteiger partial charge in [-0.1, -0.05) is 25.3 Å². The molecule has 0 spiro atoms. The molecule has 196 valence electrons. The van der Waals surface area contributed by atoms with E-state index < -0.39 is 16.9 Å². The number of ether oxygens (including phenoxy) is 3. The standard InChI is InChI=1S/C25H28N4O7S/c1-3-9-34-22-12-21(26-14-23(22)35-10-4-2)24(30)27-13-19-11-20(37)15-28(19)25(31)36-16-17-5-7-18(8-6-17)29(32)33/h3-8,12,14,19-20,37H,1-2,9-11,13,15-16H2,(H,27,30)/t19-,20-/m0/s1. The number of benzene rings is 1. The molecule has 0 unspecified atom stereocenters. The minimum absolute atomic E-state index is 0.0404. The van der Waals surface area contributed by atoms with E-state index in [-0.39, 0.29) is 49.0 Å². The quantitative estimate of drug-likeness (QED) is 0.185. The van der Waals surface area contributed by atoms with Crippen LogP contribution in [0.15, 0.2) is 61.8 Å². The molecule has 1 aliphatic rings. The molecule has 2 amide bonds. The SMILES string of the molecule is C=CCOc1cnc(C(=O)NC[C@@H]2C[C@H](S)CN2C(=O)OCc2ccc([N+](=O)[O-])cc2)cc1OCC=C. The summed E-state index contributed by atoms with van der Waals surface area (Å²) in [6.45, 7) is 8.18. The molecule has 2 atom stereocenters. The van der Waals surface area contributed by atoms with Crippen LogP contribution < -0.4 is 14.8 Å². The van der Waals surface area contributed by atoms with Crippen molar-refractivity contribution in [3.8, 4) is 11.5 Å². The molecule has 3 rings (SSSR count). The first-order valence-electron chi connectivity index (χ1n) is 11.4. The summed E-state index contributed by atoms with van der Waals surface area (Å²) in [4.78, 5) is 41.5. The molecule has 0 radical (unpaired) electrons. The van der Waals surface area contributed by atoms with E-state index in [1.165, 1.54) is 41.4 Å². The maximum atomic E-state index is 12.8. The summed E-state index contributed by atoms with van der Waals surface area (Å²) in [6, 6.07) is 6.90. The van der Waals surface area contributed by atoms with Gasteiger partial charge >= 0.3 is 6.09 Å². The summed E-state index contributed by atoms with van der Waals surface area (Å²) < 4.78 is 16.5. The Morgan fingerprint density at radius 1 is 1.19 bits per heavy atom. The van der Waals surface area contributed by atoms with Crippen molar-refractivity contribution in [1.82, 2.24) is 15.2 Å². The molecule has 1 aromatic heterocycles. The minimum Gasteiger partial charge on any atom is -0.486 e. The summed E-state index contributed by atoms with van der Waals surface area (Å²) in [6.07, 6.45) is 4.55. The Morgan fingerprint density at radius 3 is 2.51 bits per heavy atom. The van der Waals surface area contributed by atoms with E-state index in [2.05, 4.69) is 36.1 Å². The smallest absolute Gasteiger partial charge is 0.410 e. The first kappa shape index (κ1) is 27.5. The van der Waals surface area contributed by atoms with Crippen molar-refractivity contribution in [2.75, 3.05) is 26.3 Å². The number of nitro groups is 1. The van der Waals surface area contributed by atoms with E-state index in [1.807, 2.05) is 0 Å². The average Bonchev–Trinajstić information content (AvgIpc) is 3.28. The van der Waals surface area contributed by atoms with E-state index in [0.717, 1.165) is 0 Å². The van der Waals surface area contributed by atoms with Gasteiger partial charge in [0.15, 0.2) is 11.5 Å². The number of non-ortho nitro benzene ring substituents is 1. The molecule has 11 nitrogen and oxygen atoms in total. The molecule has 12 heteroatoms. The van der Waals surface area contributed by atoms with Gasteiger partial charge < -0.3 is 24.4 Å². The van der Waals surface area contributed by atoms with E-state index >= 15 is 0 Å². The topological polar surface area (TPSA) is 133 Å². The summed E-state index contributed by atoms with van der Waals surface area (Å²) in [5, 5.41) is 13.5. The largest absolute Gasteiger partial charge is 0.486 e. The zero-order valence-electron chi connectivity index (χ0n) is 20.1. The molecular weight excluding hydrogens is 500 g/mol. The van der Waals surface area contributed by atoms with Crippen LogP contribution in [0.1, 0.15) is 22.5 Å². The van der Waals surface area contributed by atoms with Gasteiger partial charge in [-0.25, -0.2) is 9.78 Å². The summed E-state index contributed by atoms with van der Waals surface area (Å²) in [5.41, 5.74) is 0.695. The molecule has 2 aromatic rings. The van der Waals surface area contributed by atoms with Crippen molar-refractivity contribution in [2.24, 2.45) is 0 Å². The molecule has 1 saturated heterocycles. The number of nitrogens with zero attached hydrogens (tertiary/aromatic N) is 3. The zero-order valence-corrected chi connectivity index (χ0v) is 21.0. The fraction of sp³-hybridized carbons (Fsp3) is 0.320. The maximum Gasteiger partial charge on any atom is 0.410 e. The highest BCUT2D eigenvalue weighted by Gasteiger charge is 2.35. The lowest BCUT2D eigenvalue weighted by Crippen LogP contribution is -2.43. The van der Waals surface area contributed by atoms with Crippen LogP contribution in [0.5, 0.6) is 11.5 Å². The Bertz CT molecular complexity index is 1140. The lowest BCUT2D eigenvalue weighted by Gasteiger charge is -2.24. The Kier molecular flexibility index (Phi) is 9.90. The molecule has 37 heavy (non-hydrogen) atoms. The normalized spacial score (nSPS) is 16.5. The Morgan fingerprint density at radius 2 is 1.86 bits per heavy atom. The number of thiol groups is 1. The van der Waals surface area contributed by atoms with Crippen molar-refractivity contribution in [2.45, 2.75) is 24.3 Å². The van der Waals surface area contributed by atoms with E-state index in [1.54, 1.807) is 12.2 Å². The van der Waals surface area contributed by atoms with Crippen LogP contribution in [-0.2, 0) is 11.3 Å². The lowest BCUT2D eigenvalue weighted by molar-refractivity contribution is -0.384. The zero-order chi connectivity index (χ0) is 26.8. The second-order valence-corrected chi connectivity index (χ2v) is 8.83. The number of hydrogen-bond donors (Lipinski definition) is 2. The highest BCUT2D eigenvalue weighted by molar-refractivity contribution is 7.81. The van der Waals surface area contributed by atoms with Gasteiger partial charge in [-0.2, -0.15) is 12.6 Å². The number of aromatic nitrogens is 1. The fourth-order valence-electron chi connectivity index (χ4n) is 3.62. The van der Waals surface area contributed by atoms with Crippen molar-refractivity contribution in [3.05, 3.63) is 83.2 Å². The molecule has 0 aliphatic carbocycles. The van der Waals surface area contributed by atoms with Crippen LogP contribution in [0.2, 0.25) is 0 Å². The second kappa shape index (κ2) is 13.3. The molecule has 1 fully saturated rings. The van der Waals surface area contributed by atoms with Crippen LogP contribution >= 0.6 is 12.6 Å². The number of nitrogens with one attached hydrogen (secondary N) is 1. The third-order valence-electron chi connectivity index (χ3n) is 5.41. The van der Waals surface area contributed by atoms with E-state index in [4.69, 9.17) is 14.2 Å². The fourth-order valence-corrected chi connectivity index (χ4v) is 4.04. The highest BCUT2D eigenvalue weighted by atomic mass is 32.1. The van der Waals surface area contributed by atoms with Crippen molar-refractivity contribution in [1.29, 1.82) is 0 Å². The highest BCUT2D eigenvalue weighted by Crippen LogP contribution is 2.27. The monoisotopic (exact) mass is 528 g/mol. The Balaban J connectivity index is 1.59. The first-order chi connectivity index (χ1) is 17.8. The summed E-state index contributed by atoms with van der Waals surface area (Å²) in [7, 11) is 0.